The largest absolute Gasteiger partial charge is 0.366 e. The Hall–Kier alpha value is -2.13. The Morgan fingerprint density at radius 2 is 1.90 bits per heavy atom. The predicted octanol–water partition coefficient (Wildman–Crippen LogP) is 4.64. The molecule has 4 heteroatoms. The van der Waals surface area contributed by atoms with Gasteiger partial charge in [-0.1, -0.05) is 35.9 Å². The summed E-state index contributed by atoms with van der Waals surface area (Å²) in [5.74, 6) is 0.378. The maximum Gasteiger partial charge on any atom is 0.141 e. The summed E-state index contributed by atoms with van der Waals surface area (Å²) in [7, 11) is 0. The van der Waals surface area contributed by atoms with E-state index in [-0.39, 0.29) is 5.02 Å². The fourth-order valence-electron chi connectivity index (χ4n) is 2.01. The minimum absolute atomic E-state index is 0.135. The van der Waals surface area contributed by atoms with Crippen LogP contribution in [0.15, 0.2) is 54.6 Å². The van der Waals surface area contributed by atoms with E-state index < -0.39 is 5.82 Å². The van der Waals surface area contributed by atoms with E-state index in [1.54, 1.807) is 12.1 Å². The second-order valence-electron chi connectivity index (χ2n) is 4.49. The number of benzene rings is 2. The van der Waals surface area contributed by atoms with Gasteiger partial charge in [-0.25, -0.2) is 9.37 Å². The number of anilines is 1. The lowest BCUT2D eigenvalue weighted by atomic mass is 10.2. The Bertz CT molecular complexity index is 758. The Labute approximate surface area is 121 Å². The van der Waals surface area contributed by atoms with Crippen LogP contribution in [0.2, 0.25) is 5.02 Å². The molecule has 0 aliphatic heterocycles. The van der Waals surface area contributed by atoms with Gasteiger partial charge in [0.2, 0.25) is 0 Å². The normalized spacial score (nSPS) is 10.7. The molecule has 0 amide bonds. The van der Waals surface area contributed by atoms with E-state index in [9.17, 15) is 4.39 Å². The molecule has 0 saturated heterocycles. The maximum absolute atomic E-state index is 13.1. The zero-order valence-electron chi connectivity index (χ0n) is 10.6. The van der Waals surface area contributed by atoms with Crippen LogP contribution < -0.4 is 5.32 Å². The highest BCUT2D eigenvalue weighted by molar-refractivity contribution is 6.30. The first-order valence-electron chi connectivity index (χ1n) is 6.26. The number of nitrogens with zero attached hydrogens (tertiary/aromatic N) is 1. The third-order valence-corrected chi connectivity index (χ3v) is 3.35. The molecule has 2 aromatic carbocycles. The molecule has 0 aliphatic rings. The number of aromatic nitrogens is 1. The molecule has 0 fully saturated rings. The van der Waals surface area contributed by atoms with E-state index in [2.05, 4.69) is 10.3 Å². The maximum atomic E-state index is 13.1. The molecule has 1 N–H and O–H groups in total. The molecule has 1 aromatic heterocycles. The summed E-state index contributed by atoms with van der Waals surface area (Å²) in [6.07, 6.45) is 0. The van der Waals surface area contributed by atoms with Gasteiger partial charge in [0.25, 0.3) is 0 Å². The average molecular weight is 287 g/mol. The molecular formula is C16H12ClFN2. The summed E-state index contributed by atoms with van der Waals surface area (Å²) in [4.78, 5) is 4.51. The van der Waals surface area contributed by atoms with Crippen LogP contribution in [-0.2, 0) is 6.54 Å². The van der Waals surface area contributed by atoms with Crippen LogP contribution in [0.4, 0.5) is 10.2 Å². The third-order valence-electron chi connectivity index (χ3n) is 3.06. The highest BCUT2D eigenvalue weighted by atomic mass is 35.5. The zero-order chi connectivity index (χ0) is 13.9. The highest BCUT2D eigenvalue weighted by Gasteiger charge is 2.02. The van der Waals surface area contributed by atoms with Crippen LogP contribution in [0, 0.1) is 5.82 Å². The molecule has 0 atom stereocenters. The van der Waals surface area contributed by atoms with E-state index in [0.29, 0.717) is 6.54 Å². The minimum Gasteiger partial charge on any atom is -0.366 e. The quantitative estimate of drug-likeness (QED) is 0.759. The molecule has 0 saturated carbocycles. The second-order valence-corrected chi connectivity index (χ2v) is 4.90. The number of hydrogen-bond acceptors (Lipinski definition) is 2. The zero-order valence-corrected chi connectivity index (χ0v) is 11.4. The van der Waals surface area contributed by atoms with Crippen molar-refractivity contribution in [1.82, 2.24) is 4.98 Å². The van der Waals surface area contributed by atoms with Crippen molar-refractivity contribution < 1.29 is 4.39 Å². The molecule has 100 valence electrons. The van der Waals surface area contributed by atoms with Gasteiger partial charge in [0, 0.05) is 11.9 Å². The monoisotopic (exact) mass is 286 g/mol. The molecule has 1 heterocycles. The van der Waals surface area contributed by atoms with E-state index in [4.69, 9.17) is 11.6 Å². The molecule has 0 bridgehead atoms. The van der Waals surface area contributed by atoms with Crippen LogP contribution >= 0.6 is 11.6 Å². The number of fused-ring (bicyclic) bond motifs is 1. The number of halogens is 2. The predicted molar refractivity (Wildman–Crippen MR) is 80.5 cm³/mol. The van der Waals surface area contributed by atoms with Gasteiger partial charge in [-0.15, -0.1) is 0 Å². The lowest BCUT2D eigenvalue weighted by molar-refractivity contribution is 0.627. The molecule has 3 rings (SSSR count). The summed E-state index contributed by atoms with van der Waals surface area (Å²) in [5, 5.41) is 4.44. The van der Waals surface area contributed by atoms with Gasteiger partial charge in [0.15, 0.2) is 0 Å². The molecule has 3 aromatic rings. The smallest absolute Gasteiger partial charge is 0.141 e. The summed E-state index contributed by atoms with van der Waals surface area (Å²) in [6.45, 7) is 0.547. The molecule has 0 unspecified atom stereocenters. The minimum atomic E-state index is -0.403. The highest BCUT2D eigenvalue weighted by Crippen LogP contribution is 2.18. The SMILES string of the molecule is Fc1ccc(CNc2ccc3ccccc3n2)cc1Cl. The van der Waals surface area contributed by atoms with Crippen LogP contribution in [0.25, 0.3) is 10.9 Å². The first-order valence-corrected chi connectivity index (χ1v) is 6.64. The number of nitrogens with one attached hydrogen (secondary N) is 1. The van der Waals surface area contributed by atoms with Gasteiger partial charge < -0.3 is 5.32 Å². The Balaban J connectivity index is 1.77. The van der Waals surface area contributed by atoms with Crippen molar-refractivity contribution in [2.45, 2.75) is 6.54 Å². The lowest BCUT2D eigenvalue weighted by Gasteiger charge is -2.07. The van der Waals surface area contributed by atoms with E-state index in [0.717, 1.165) is 22.3 Å². The number of para-hydroxylation sites is 1. The molecule has 0 spiro atoms. The standard InChI is InChI=1S/C16H12ClFN2/c17-13-9-11(5-7-14(13)18)10-19-16-8-6-12-3-1-2-4-15(12)20-16/h1-9H,10H2,(H,19,20). The van der Waals surface area contributed by atoms with Crippen LogP contribution in [0.3, 0.4) is 0 Å². The van der Waals surface area contributed by atoms with Crippen molar-refractivity contribution in [3.63, 3.8) is 0 Å². The topological polar surface area (TPSA) is 24.9 Å². The van der Waals surface area contributed by atoms with Crippen molar-refractivity contribution >= 4 is 28.3 Å². The van der Waals surface area contributed by atoms with E-state index in [1.165, 1.54) is 6.07 Å². The Morgan fingerprint density at radius 1 is 1.05 bits per heavy atom. The fourth-order valence-corrected chi connectivity index (χ4v) is 2.21. The molecule has 0 aliphatic carbocycles. The van der Waals surface area contributed by atoms with E-state index in [1.807, 2.05) is 36.4 Å². The first-order chi connectivity index (χ1) is 9.72. The van der Waals surface area contributed by atoms with Crippen molar-refractivity contribution in [2.75, 3.05) is 5.32 Å². The van der Waals surface area contributed by atoms with Gasteiger partial charge >= 0.3 is 0 Å². The fraction of sp³-hybridized carbons (Fsp3) is 0.0625. The van der Waals surface area contributed by atoms with Crippen molar-refractivity contribution in [1.29, 1.82) is 0 Å². The molecule has 0 radical (unpaired) electrons. The van der Waals surface area contributed by atoms with Crippen molar-refractivity contribution in [3.8, 4) is 0 Å². The van der Waals surface area contributed by atoms with Crippen LogP contribution in [0.5, 0.6) is 0 Å². The first kappa shape index (κ1) is 12.9. The third kappa shape index (κ3) is 2.73. The van der Waals surface area contributed by atoms with Crippen molar-refractivity contribution in [2.24, 2.45) is 0 Å². The number of hydrogen-bond donors (Lipinski definition) is 1. The summed E-state index contributed by atoms with van der Waals surface area (Å²) in [5.41, 5.74) is 1.85. The Kier molecular flexibility index (Phi) is 3.52. The Morgan fingerprint density at radius 3 is 2.75 bits per heavy atom. The summed E-state index contributed by atoms with van der Waals surface area (Å²) in [6, 6.07) is 16.6. The van der Waals surface area contributed by atoms with Crippen LogP contribution in [0.1, 0.15) is 5.56 Å². The van der Waals surface area contributed by atoms with Gasteiger partial charge in [-0.3, -0.25) is 0 Å². The van der Waals surface area contributed by atoms with E-state index >= 15 is 0 Å². The van der Waals surface area contributed by atoms with Gasteiger partial charge in [0.05, 0.1) is 10.5 Å². The summed E-state index contributed by atoms with van der Waals surface area (Å²) < 4.78 is 13.1. The number of pyridine rings is 1. The summed E-state index contributed by atoms with van der Waals surface area (Å²) >= 11 is 5.76. The van der Waals surface area contributed by atoms with Gasteiger partial charge in [-0.05, 0) is 35.9 Å². The van der Waals surface area contributed by atoms with Crippen LogP contribution in [-0.4, -0.2) is 4.98 Å². The van der Waals surface area contributed by atoms with Gasteiger partial charge in [-0.2, -0.15) is 0 Å². The second kappa shape index (κ2) is 5.47. The molecular weight excluding hydrogens is 275 g/mol. The molecule has 20 heavy (non-hydrogen) atoms. The average Bonchev–Trinajstić information content (AvgIpc) is 2.48. The van der Waals surface area contributed by atoms with Crippen molar-refractivity contribution in [3.05, 3.63) is 71.0 Å². The number of rotatable bonds is 3. The lowest BCUT2D eigenvalue weighted by Crippen LogP contribution is -2.01. The molecule has 2 nitrogen and oxygen atoms in total. The van der Waals surface area contributed by atoms with Gasteiger partial charge in [0.1, 0.15) is 11.6 Å².